The van der Waals surface area contributed by atoms with E-state index in [9.17, 15) is 14.3 Å². The van der Waals surface area contributed by atoms with Crippen LogP contribution in [-0.4, -0.2) is 50.0 Å². The fourth-order valence-corrected chi connectivity index (χ4v) is 4.67. The van der Waals surface area contributed by atoms with Crippen LogP contribution in [-0.2, 0) is 10.2 Å². The van der Waals surface area contributed by atoms with Gasteiger partial charge in [-0.3, -0.25) is 9.89 Å². The normalized spacial score (nSPS) is 26.0. The van der Waals surface area contributed by atoms with Gasteiger partial charge in [-0.1, -0.05) is 36.8 Å². The molecule has 2 aliphatic rings. The van der Waals surface area contributed by atoms with Crippen LogP contribution >= 0.6 is 0 Å². The van der Waals surface area contributed by atoms with Crippen LogP contribution in [0.25, 0.3) is 11.4 Å². The number of aryl methyl sites for hydroxylation is 1. The van der Waals surface area contributed by atoms with Gasteiger partial charge in [0, 0.05) is 31.0 Å². The van der Waals surface area contributed by atoms with Crippen LogP contribution in [0.3, 0.4) is 0 Å². The minimum absolute atomic E-state index is 0.0390. The van der Waals surface area contributed by atoms with Crippen molar-refractivity contribution < 1.29 is 14.3 Å². The Hall–Kier alpha value is -2.28. The van der Waals surface area contributed by atoms with Gasteiger partial charge in [-0.25, -0.2) is 9.37 Å². The zero-order chi connectivity index (χ0) is 20.1. The highest BCUT2D eigenvalue weighted by molar-refractivity contribution is 5.83. The Kier molecular flexibility index (Phi) is 4.53. The van der Waals surface area contributed by atoms with Crippen molar-refractivity contribution in [2.45, 2.75) is 51.3 Å². The lowest BCUT2D eigenvalue weighted by Crippen LogP contribution is -2.51. The van der Waals surface area contributed by atoms with Gasteiger partial charge in [0.05, 0.1) is 0 Å². The van der Waals surface area contributed by atoms with E-state index in [1.54, 1.807) is 0 Å². The molecule has 0 radical (unpaired) electrons. The van der Waals surface area contributed by atoms with Crippen LogP contribution in [0.1, 0.15) is 44.5 Å². The number of halogens is 1. The number of aromatic amines is 1. The van der Waals surface area contributed by atoms with E-state index in [0.29, 0.717) is 24.8 Å². The number of aromatic nitrogens is 3. The fraction of sp³-hybridized carbons (Fsp3) is 0.571. The topological polar surface area (TPSA) is 82.1 Å². The van der Waals surface area contributed by atoms with Crippen molar-refractivity contribution in [3.63, 3.8) is 0 Å². The summed E-state index contributed by atoms with van der Waals surface area (Å²) >= 11 is 0. The lowest BCUT2D eigenvalue weighted by molar-refractivity contribution is -0.171. The molecule has 4 rings (SSSR count). The molecular weight excluding hydrogens is 359 g/mol. The van der Waals surface area contributed by atoms with Gasteiger partial charge in [0.15, 0.2) is 5.82 Å². The number of nitrogens with one attached hydrogen (secondary N) is 1. The Morgan fingerprint density at radius 3 is 2.61 bits per heavy atom. The molecule has 1 aromatic carbocycles. The number of piperidine rings is 1. The highest BCUT2D eigenvalue weighted by atomic mass is 19.2. The molecule has 2 aromatic rings. The lowest BCUT2D eigenvalue weighted by atomic mass is 9.74. The second-order valence-corrected chi connectivity index (χ2v) is 8.61. The molecule has 1 amide bonds. The van der Waals surface area contributed by atoms with Crippen LogP contribution in [0.4, 0.5) is 4.39 Å². The first kappa shape index (κ1) is 19.1. The maximum absolute atomic E-state index is 13.6. The second kappa shape index (κ2) is 6.65. The minimum Gasteiger partial charge on any atom is -0.355 e. The maximum atomic E-state index is 13.6. The van der Waals surface area contributed by atoms with E-state index >= 15 is 0 Å². The number of carbonyl (C=O) groups is 1. The summed E-state index contributed by atoms with van der Waals surface area (Å²) in [5.74, 6) is -1.50. The van der Waals surface area contributed by atoms with Crippen LogP contribution in [0.5, 0.6) is 0 Å². The molecule has 1 aromatic heterocycles. The molecule has 28 heavy (non-hydrogen) atoms. The standard InChI is InChI=1S/C21H27FN4O2/c1-13-4-6-15(7-5-13)17-23-18(25-24-17)21(9-10-21)16-8-11-26(12-14(16)2)19(27)20(3,22)28/h4-7,14,16,28H,8-12H2,1-3H3,(H,23,24,25)/t14-,16+,20-/m1/s1. The number of hydrogen-bond acceptors (Lipinski definition) is 4. The van der Waals surface area contributed by atoms with Crippen molar-refractivity contribution in [2.75, 3.05) is 13.1 Å². The van der Waals surface area contributed by atoms with Gasteiger partial charge in [0.25, 0.3) is 11.8 Å². The first-order valence-corrected chi connectivity index (χ1v) is 9.91. The third-order valence-electron chi connectivity index (χ3n) is 6.35. The van der Waals surface area contributed by atoms with Gasteiger partial charge < -0.3 is 10.0 Å². The molecule has 3 atom stereocenters. The molecule has 1 aliphatic carbocycles. The largest absolute Gasteiger partial charge is 0.355 e. The number of alkyl halides is 1. The van der Waals surface area contributed by atoms with Crippen LogP contribution in [0.2, 0.25) is 0 Å². The molecule has 150 valence electrons. The summed E-state index contributed by atoms with van der Waals surface area (Å²) in [5.41, 5.74) is 2.14. The smallest absolute Gasteiger partial charge is 0.287 e. The van der Waals surface area contributed by atoms with Crippen LogP contribution < -0.4 is 0 Å². The molecule has 1 aliphatic heterocycles. The van der Waals surface area contributed by atoms with E-state index in [2.05, 4.69) is 17.1 Å². The quantitative estimate of drug-likeness (QED) is 0.846. The van der Waals surface area contributed by atoms with Crippen molar-refractivity contribution in [1.29, 1.82) is 0 Å². The Balaban J connectivity index is 1.51. The Labute approximate surface area is 164 Å². The van der Waals surface area contributed by atoms with Crippen LogP contribution in [0.15, 0.2) is 24.3 Å². The minimum atomic E-state index is -2.81. The maximum Gasteiger partial charge on any atom is 0.287 e. The van der Waals surface area contributed by atoms with Crippen molar-refractivity contribution in [1.82, 2.24) is 20.1 Å². The van der Waals surface area contributed by atoms with E-state index in [-0.39, 0.29) is 11.3 Å². The number of aliphatic hydroxyl groups is 1. The molecule has 0 unspecified atom stereocenters. The summed E-state index contributed by atoms with van der Waals surface area (Å²) in [6.45, 7) is 5.94. The Bertz CT molecular complexity index is 867. The fourth-order valence-electron chi connectivity index (χ4n) is 4.67. The van der Waals surface area contributed by atoms with Gasteiger partial charge >= 0.3 is 0 Å². The van der Waals surface area contributed by atoms with Crippen molar-refractivity contribution in [3.8, 4) is 11.4 Å². The van der Waals surface area contributed by atoms with Gasteiger partial charge in [0.2, 0.25) is 0 Å². The number of likely N-dealkylation sites (tertiary alicyclic amines) is 1. The number of amides is 1. The van der Waals surface area contributed by atoms with Gasteiger partial charge in [-0.15, -0.1) is 0 Å². The molecule has 2 heterocycles. The number of carbonyl (C=O) groups excluding carboxylic acids is 1. The summed E-state index contributed by atoms with van der Waals surface area (Å²) in [6, 6.07) is 8.15. The third-order valence-corrected chi connectivity index (χ3v) is 6.35. The highest BCUT2D eigenvalue weighted by Gasteiger charge is 2.56. The van der Waals surface area contributed by atoms with Gasteiger partial charge in [-0.2, -0.15) is 5.10 Å². The molecule has 1 saturated carbocycles. The number of nitrogens with zero attached hydrogens (tertiary/aromatic N) is 3. The predicted molar refractivity (Wildman–Crippen MR) is 103 cm³/mol. The van der Waals surface area contributed by atoms with Crippen molar-refractivity contribution >= 4 is 5.91 Å². The summed E-state index contributed by atoms with van der Waals surface area (Å²) in [6.07, 6.45) is 2.85. The molecule has 6 nitrogen and oxygen atoms in total. The summed E-state index contributed by atoms with van der Waals surface area (Å²) in [7, 11) is 0. The summed E-state index contributed by atoms with van der Waals surface area (Å²) in [5, 5.41) is 17.0. The molecule has 2 fully saturated rings. The number of hydrogen-bond donors (Lipinski definition) is 2. The van der Waals surface area contributed by atoms with Gasteiger partial charge in [-0.05, 0) is 38.0 Å². The third kappa shape index (κ3) is 3.32. The lowest BCUT2D eigenvalue weighted by Gasteiger charge is -2.41. The van der Waals surface area contributed by atoms with Gasteiger partial charge in [0.1, 0.15) is 5.82 Å². The van der Waals surface area contributed by atoms with E-state index in [1.165, 1.54) is 10.5 Å². The number of H-pyrrole nitrogens is 1. The second-order valence-electron chi connectivity index (χ2n) is 8.61. The number of rotatable bonds is 4. The Morgan fingerprint density at radius 1 is 1.36 bits per heavy atom. The van der Waals surface area contributed by atoms with E-state index < -0.39 is 11.8 Å². The van der Waals surface area contributed by atoms with Crippen molar-refractivity contribution in [3.05, 3.63) is 35.7 Å². The number of benzene rings is 1. The molecule has 0 bridgehead atoms. The predicted octanol–water partition coefficient (Wildman–Crippen LogP) is 2.97. The summed E-state index contributed by atoms with van der Waals surface area (Å²) < 4.78 is 13.6. The Morgan fingerprint density at radius 2 is 2.04 bits per heavy atom. The molecule has 7 heteroatoms. The zero-order valence-electron chi connectivity index (χ0n) is 16.6. The highest BCUT2D eigenvalue weighted by Crippen LogP contribution is 2.57. The van der Waals surface area contributed by atoms with Crippen molar-refractivity contribution in [2.24, 2.45) is 11.8 Å². The van der Waals surface area contributed by atoms with Crippen LogP contribution in [0, 0.1) is 18.8 Å². The first-order valence-electron chi connectivity index (χ1n) is 9.91. The molecular formula is C21H27FN4O2. The average molecular weight is 386 g/mol. The SMILES string of the molecule is Cc1ccc(-c2n[nH]c(C3([C@H]4CCN(C(=O)[C@@](C)(O)F)C[C@H]4C)CC3)n2)cc1. The zero-order valence-corrected chi connectivity index (χ0v) is 16.6. The van der Waals surface area contributed by atoms with E-state index in [0.717, 1.165) is 37.6 Å². The monoisotopic (exact) mass is 386 g/mol. The molecule has 2 N–H and O–H groups in total. The molecule has 1 saturated heterocycles. The van der Waals surface area contributed by atoms with E-state index in [4.69, 9.17) is 4.98 Å². The molecule has 0 spiro atoms. The first-order chi connectivity index (χ1) is 13.2. The van der Waals surface area contributed by atoms with E-state index in [1.807, 2.05) is 31.2 Å². The average Bonchev–Trinajstić information content (AvgIpc) is 3.29. The summed E-state index contributed by atoms with van der Waals surface area (Å²) in [4.78, 5) is 18.3.